The van der Waals surface area contributed by atoms with Crippen molar-refractivity contribution in [2.45, 2.75) is 13.8 Å². The first kappa shape index (κ1) is 21.8. The first-order valence-electron chi connectivity index (χ1n) is 9.67. The minimum Gasteiger partial charge on any atom is -0.468 e. The fourth-order valence-electron chi connectivity index (χ4n) is 2.92. The van der Waals surface area contributed by atoms with Crippen LogP contribution in [0.3, 0.4) is 0 Å². The van der Waals surface area contributed by atoms with E-state index in [4.69, 9.17) is 4.74 Å². The van der Waals surface area contributed by atoms with Gasteiger partial charge in [-0.25, -0.2) is 14.4 Å². The Morgan fingerprint density at radius 3 is 2.87 bits per heavy atom. The molecule has 9 heteroatoms. The molecule has 2 heterocycles. The standard InChI is InChI=1S/C22H26FN7O/c1-6-7-15-11-20(29-28-15)27-19(24-3)12-21(30(4)5)25-13-31-18-9-8-17-16(22(18)23)10-14(2)26-17/h6-12,26H,3,13H2,1-2,4-5H3,(H2,27,28,29)/b7-6+,19-12+,25-21+. The molecule has 0 aliphatic heterocycles. The van der Waals surface area contributed by atoms with Crippen LogP contribution in [0.25, 0.3) is 17.0 Å². The quantitative estimate of drug-likeness (QED) is 0.371. The van der Waals surface area contributed by atoms with E-state index in [-0.39, 0.29) is 12.5 Å². The van der Waals surface area contributed by atoms with Crippen LogP contribution in [0.4, 0.5) is 10.2 Å². The second-order valence-corrected chi connectivity index (χ2v) is 7.00. The van der Waals surface area contributed by atoms with E-state index in [2.05, 4.69) is 37.2 Å². The maximum atomic E-state index is 14.7. The van der Waals surface area contributed by atoms with E-state index < -0.39 is 5.82 Å². The van der Waals surface area contributed by atoms with Crippen molar-refractivity contribution >= 4 is 35.3 Å². The number of amidine groups is 1. The van der Waals surface area contributed by atoms with Crippen LogP contribution in [0, 0.1) is 12.7 Å². The normalized spacial score (nSPS) is 12.5. The number of aliphatic imine (C=N–C) groups is 2. The fourth-order valence-corrected chi connectivity index (χ4v) is 2.92. The highest BCUT2D eigenvalue weighted by Crippen LogP contribution is 2.26. The number of rotatable bonds is 8. The molecule has 0 saturated heterocycles. The molecule has 0 atom stereocenters. The van der Waals surface area contributed by atoms with Gasteiger partial charge in [-0.15, -0.1) is 0 Å². The van der Waals surface area contributed by atoms with Crippen molar-refractivity contribution in [2.75, 3.05) is 26.1 Å². The number of aromatic amines is 2. The van der Waals surface area contributed by atoms with E-state index >= 15 is 0 Å². The number of allylic oxidation sites excluding steroid dienone is 1. The summed E-state index contributed by atoms with van der Waals surface area (Å²) >= 11 is 0. The van der Waals surface area contributed by atoms with Crippen LogP contribution in [0.2, 0.25) is 0 Å². The molecule has 31 heavy (non-hydrogen) atoms. The Bertz CT molecular complexity index is 1150. The Morgan fingerprint density at radius 2 is 2.16 bits per heavy atom. The number of fused-ring (bicyclic) bond motifs is 1. The molecule has 2 aromatic heterocycles. The molecule has 162 valence electrons. The SMILES string of the molecule is C=N/C(=C\C(=N/COc1ccc2[nH]c(C)cc2c1F)N(C)C)Nc1cc(/C=C/C)[nH]n1. The zero-order valence-electron chi connectivity index (χ0n) is 18.0. The summed E-state index contributed by atoms with van der Waals surface area (Å²) in [6, 6.07) is 6.97. The maximum absolute atomic E-state index is 14.7. The van der Waals surface area contributed by atoms with E-state index in [1.165, 1.54) is 0 Å². The van der Waals surface area contributed by atoms with Crippen molar-refractivity contribution in [3.63, 3.8) is 0 Å². The lowest BCUT2D eigenvalue weighted by Crippen LogP contribution is -2.22. The lowest BCUT2D eigenvalue weighted by atomic mass is 10.2. The predicted octanol–water partition coefficient (Wildman–Crippen LogP) is 4.32. The highest BCUT2D eigenvalue weighted by atomic mass is 19.1. The summed E-state index contributed by atoms with van der Waals surface area (Å²) in [5.74, 6) is 1.35. The molecular weight excluding hydrogens is 397 g/mol. The highest BCUT2D eigenvalue weighted by molar-refractivity contribution is 5.93. The average Bonchev–Trinajstić information content (AvgIpc) is 3.34. The van der Waals surface area contributed by atoms with Crippen molar-refractivity contribution in [3.8, 4) is 5.75 Å². The van der Waals surface area contributed by atoms with Gasteiger partial charge >= 0.3 is 0 Å². The number of H-pyrrole nitrogens is 2. The molecule has 0 fully saturated rings. The van der Waals surface area contributed by atoms with E-state index in [0.29, 0.717) is 22.9 Å². The van der Waals surface area contributed by atoms with Crippen molar-refractivity contribution in [1.29, 1.82) is 0 Å². The fraction of sp³-hybridized carbons (Fsp3) is 0.227. The number of ether oxygens (including phenoxy) is 1. The van der Waals surface area contributed by atoms with Crippen LogP contribution in [0.1, 0.15) is 18.3 Å². The number of hydrogen-bond donors (Lipinski definition) is 3. The number of halogens is 1. The summed E-state index contributed by atoms with van der Waals surface area (Å²) in [6.45, 7) is 7.34. The van der Waals surface area contributed by atoms with Crippen molar-refractivity contribution < 1.29 is 9.13 Å². The molecule has 8 nitrogen and oxygen atoms in total. The molecule has 3 aromatic rings. The summed E-state index contributed by atoms with van der Waals surface area (Å²) in [4.78, 5) is 13.3. The topological polar surface area (TPSA) is 93.7 Å². The highest BCUT2D eigenvalue weighted by Gasteiger charge is 2.11. The number of aromatic nitrogens is 3. The number of nitrogens with zero attached hydrogens (tertiary/aromatic N) is 4. The zero-order valence-corrected chi connectivity index (χ0v) is 18.0. The van der Waals surface area contributed by atoms with Crippen LogP contribution in [0.15, 0.2) is 52.2 Å². The molecule has 0 spiro atoms. The second kappa shape index (κ2) is 9.75. The Hall–Kier alpha value is -3.88. The minimum absolute atomic E-state index is 0.0614. The van der Waals surface area contributed by atoms with E-state index in [9.17, 15) is 4.39 Å². The largest absolute Gasteiger partial charge is 0.468 e. The zero-order chi connectivity index (χ0) is 22.4. The summed E-state index contributed by atoms with van der Waals surface area (Å²) < 4.78 is 20.2. The molecule has 0 amide bonds. The van der Waals surface area contributed by atoms with Crippen LogP contribution in [-0.2, 0) is 0 Å². The number of hydrogen-bond acceptors (Lipinski definition) is 5. The number of aryl methyl sites for hydroxylation is 1. The van der Waals surface area contributed by atoms with Gasteiger partial charge in [0.15, 0.2) is 24.1 Å². The van der Waals surface area contributed by atoms with Crippen LogP contribution in [-0.4, -0.2) is 53.5 Å². The molecule has 0 radical (unpaired) electrons. The Labute approximate surface area is 180 Å². The van der Waals surface area contributed by atoms with Crippen molar-refractivity contribution in [2.24, 2.45) is 9.98 Å². The molecular formula is C22H26FN7O. The molecule has 0 bridgehead atoms. The number of nitrogens with one attached hydrogen (secondary N) is 3. The number of likely N-dealkylation sites (N-methyl/N-ethyl adjacent to an activating group) is 1. The minimum atomic E-state index is -0.412. The molecule has 0 unspecified atom stereocenters. The molecule has 3 N–H and O–H groups in total. The lowest BCUT2D eigenvalue weighted by Gasteiger charge is -2.14. The smallest absolute Gasteiger partial charge is 0.181 e. The molecule has 0 aliphatic rings. The molecule has 1 aromatic carbocycles. The molecule has 0 aliphatic carbocycles. The Morgan fingerprint density at radius 1 is 1.35 bits per heavy atom. The summed E-state index contributed by atoms with van der Waals surface area (Å²) in [6.07, 6.45) is 5.52. The van der Waals surface area contributed by atoms with Gasteiger partial charge in [-0.2, -0.15) is 5.10 Å². The van der Waals surface area contributed by atoms with Crippen LogP contribution < -0.4 is 10.1 Å². The number of benzene rings is 1. The predicted molar refractivity (Wildman–Crippen MR) is 124 cm³/mol. The van der Waals surface area contributed by atoms with Gasteiger partial charge in [0, 0.05) is 42.8 Å². The van der Waals surface area contributed by atoms with Gasteiger partial charge in [-0.05, 0) is 44.8 Å². The van der Waals surface area contributed by atoms with Gasteiger partial charge < -0.3 is 19.9 Å². The second-order valence-electron chi connectivity index (χ2n) is 7.00. The summed E-state index contributed by atoms with van der Waals surface area (Å²) in [5.41, 5.74) is 2.47. The first-order chi connectivity index (χ1) is 14.9. The summed E-state index contributed by atoms with van der Waals surface area (Å²) in [5, 5.41) is 10.6. The van der Waals surface area contributed by atoms with Crippen molar-refractivity contribution in [3.05, 3.63) is 59.4 Å². The van der Waals surface area contributed by atoms with E-state index in [1.54, 1.807) is 29.2 Å². The van der Waals surface area contributed by atoms with Crippen LogP contribution >= 0.6 is 0 Å². The third kappa shape index (κ3) is 5.39. The third-order valence-electron chi connectivity index (χ3n) is 4.38. The Balaban J connectivity index is 1.74. The molecule has 0 saturated carbocycles. The molecule has 3 rings (SSSR count). The van der Waals surface area contributed by atoms with E-state index in [0.717, 1.165) is 16.9 Å². The summed E-state index contributed by atoms with van der Waals surface area (Å²) in [7, 11) is 3.67. The Kier molecular flexibility index (Phi) is 6.86. The number of anilines is 1. The van der Waals surface area contributed by atoms with Gasteiger partial charge in [-0.3, -0.25) is 5.10 Å². The van der Waals surface area contributed by atoms with Gasteiger partial charge in [0.05, 0.1) is 5.69 Å². The van der Waals surface area contributed by atoms with Gasteiger partial charge in [0.2, 0.25) is 0 Å². The van der Waals surface area contributed by atoms with E-state index in [1.807, 2.05) is 46.2 Å². The monoisotopic (exact) mass is 423 g/mol. The third-order valence-corrected chi connectivity index (χ3v) is 4.38. The average molecular weight is 423 g/mol. The maximum Gasteiger partial charge on any atom is 0.181 e. The lowest BCUT2D eigenvalue weighted by molar-refractivity contribution is 0.313. The van der Waals surface area contributed by atoms with Crippen LogP contribution in [0.5, 0.6) is 5.75 Å². The van der Waals surface area contributed by atoms with Crippen molar-refractivity contribution in [1.82, 2.24) is 20.1 Å². The van der Waals surface area contributed by atoms with Gasteiger partial charge in [-0.1, -0.05) is 6.08 Å². The first-order valence-corrected chi connectivity index (χ1v) is 9.67. The van der Waals surface area contributed by atoms with Gasteiger partial charge in [0.25, 0.3) is 0 Å². The van der Waals surface area contributed by atoms with Gasteiger partial charge in [0.1, 0.15) is 11.7 Å².